The van der Waals surface area contributed by atoms with Gasteiger partial charge in [0.05, 0.1) is 23.1 Å². The second-order valence-corrected chi connectivity index (χ2v) is 10.8. The van der Waals surface area contributed by atoms with E-state index in [1.54, 1.807) is 29.2 Å². The van der Waals surface area contributed by atoms with Crippen LogP contribution in [0.25, 0.3) is 0 Å². The number of hydrogen-bond acceptors (Lipinski definition) is 7. The lowest BCUT2D eigenvalue weighted by Gasteiger charge is -2.28. The van der Waals surface area contributed by atoms with Gasteiger partial charge in [-0.3, -0.25) is 14.4 Å². The van der Waals surface area contributed by atoms with Crippen LogP contribution in [0.2, 0.25) is 0 Å². The van der Waals surface area contributed by atoms with Gasteiger partial charge in [0.15, 0.2) is 5.13 Å². The summed E-state index contributed by atoms with van der Waals surface area (Å²) >= 11 is 2.89. The number of hydrogen-bond donors (Lipinski definition) is 1. The lowest BCUT2D eigenvalue weighted by molar-refractivity contribution is -0.127. The number of ether oxygens (including phenoxy) is 1. The second-order valence-electron chi connectivity index (χ2n) is 8.40. The summed E-state index contributed by atoms with van der Waals surface area (Å²) in [5.41, 5.74) is 0.481. The minimum absolute atomic E-state index is 0.0308. The number of methoxy groups -OCH3 is 1. The first-order valence-electron chi connectivity index (χ1n) is 11.2. The number of benzene rings is 1. The molecule has 34 heavy (non-hydrogen) atoms. The Hall–Kier alpha value is -2.85. The Morgan fingerprint density at radius 3 is 2.79 bits per heavy atom. The molecule has 1 aromatic carbocycles. The molecule has 1 atom stereocenters. The van der Waals surface area contributed by atoms with E-state index in [1.807, 2.05) is 19.1 Å². The fraction of sp³-hybridized carbons (Fsp3) is 0.417. The van der Waals surface area contributed by atoms with Crippen LogP contribution in [0.3, 0.4) is 0 Å². The van der Waals surface area contributed by atoms with Crippen molar-refractivity contribution in [3.05, 3.63) is 42.6 Å². The third-order valence-electron chi connectivity index (χ3n) is 5.87. The minimum Gasteiger partial charge on any atom is -0.496 e. The molecule has 1 aliphatic heterocycles. The van der Waals surface area contributed by atoms with Gasteiger partial charge in [0.2, 0.25) is 11.8 Å². The number of carbonyl (C=O) groups excluding carboxylic acids is 3. The molecule has 1 saturated carbocycles. The number of thiazole rings is 1. The number of nitrogens with one attached hydrogen (secondary N) is 1. The maximum Gasteiger partial charge on any atom is 0.257 e. The third-order valence-corrected chi connectivity index (χ3v) is 7.87. The predicted octanol–water partition coefficient (Wildman–Crippen LogP) is 3.90. The molecule has 0 bridgehead atoms. The SMILES string of the molecule is C=CC(=O)N1CCCN(C(=O)c2cc(Sc3cnc(NC(=O)C4CC4)s3)ccc2OC)C[C@H]1C. The van der Waals surface area contributed by atoms with Crippen molar-refractivity contribution < 1.29 is 19.1 Å². The number of aromatic nitrogens is 1. The molecular formula is C24H28N4O4S2. The molecule has 180 valence electrons. The molecular weight excluding hydrogens is 472 g/mol. The van der Waals surface area contributed by atoms with Crippen molar-refractivity contribution in [2.24, 2.45) is 5.92 Å². The van der Waals surface area contributed by atoms with Crippen molar-refractivity contribution in [2.45, 2.75) is 41.3 Å². The molecule has 1 aliphatic carbocycles. The van der Waals surface area contributed by atoms with Crippen LogP contribution in [0.4, 0.5) is 5.13 Å². The van der Waals surface area contributed by atoms with Crippen LogP contribution >= 0.6 is 23.1 Å². The highest BCUT2D eigenvalue weighted by atomic mass is 32.2. The normalized spacial score (nSPS) is 18.2. The monoisotopic (exact) mass is 500 g/mol. The van der Waals surface area contributed by atoms with E-state index < -0.39 is 0 Å². The molecule has 10 heteroatoms. The lowest BCUT2D eigenvalue weighted by Crippen LogP contribution is -2.43. The third kappa shape index (κ3) is 5.61. The van der Waals surface area contributed by atoms with Gasteiger partial charge in [-0.1, -0.05) is 29.7 Å². The molecule has 0 spiro atoms. The molecule has 0 unspecified atom stereocenters. The van der Waals surface area contributed by atoms with Crippen molar-refractivity contribution in [2.75, 3.05) is 32.1 Å². The van der Waals surface area contributed by atoms with Crippen molar-refractivity contribution in [1.29, 1.82) is 0 Å². The maximum absolute atomic E-state index is 13.5. The number of anilines is 1. The Morgan fingerprint density at radius 2 is 2.09 bits per heavy atom. The van der Waals surface area contributed by atoms with Crippen LogP contribution in [0.1, 0.15) is 36.5 Å². The smallest absolute Gasteiger partial charge is 0.257 e. The first-order chi connectivity index (χ1) is 16.4. The summed E-state index contributed by atoms with van der Waals surface area (Å²) in [6.07, 6.45) is 5.63. The molecule has 2 aliphatic rings. The van der Waals surface area contributed by atoms with E-state index in [-0.39, 0.29) is 29.7 Å². The van der Waals surface area contributed by atoms with Gasteiger partial charge < -0.3 is 19.9 Å². The Morgan fingerprint density at radius 1 is 1.29 bits per heavy atom. The van der Waals surface area contributed by atoms with E-state index >= 15 is 0 Å². The van der Waals surface area contributed by atoms with E-state index in [9.17, 15) is 14.4 Å². The van der Waals surface area contributed by atoms with Gasteiger partial charge >= 0.3 is 0 Å². The molecule has 8 nitrogen and oxygen atoms in total. The quantitative estimate of drug-likeness (QED) is 0.580. The molecule has 1 N–H and O–H groups in total. The van der Waals surface area contributed by atoms with Crippen molar-refractivity contribution >= 4 is 46.0 Å². The Kier molecular flexibility index (Phi) is 7.57. The summed E-state index contributed by atoms with van der Waals surface area (Å²) in [6.45, 7) is 7.12. The van der Waals surface area contributed by atoms with Crippen LogP contribution in [-0.2, 0) is 9.59 Å². The molecule has 1 aromatic heterocycles. The summed E-state index contributed by atoms with van der Waals surface area (Å²) in [5.74, 6) is 0.421. The van der Waals surface area contributed by atoms with Gasteiger partial charge in [-0.2, -0.15) is 0 Å². The predicted molar refractivity (Wildman–Crippen MR) is 132 cm³/mol. The van der Waals surface area contributed by atoms with Gasteiger partial charge in [-0.25, -0.2) is 4.98 Å². The van der Waals surface area contributed by atoms with E-state index in [4.69, 9.17) is 4.74 Å². The fourth-order valence-electron chi connectivity index (χ4n) is 3.91. The average molecular weight is 501 g/mol. The molecule has 0 radical (unpaired) electrons. The lowest BCUT2D eigenvalue weighted by atomic mass is 10.1. The summed E-state index contributed by atoms with van der Waals surface area (Å²) in [7, 11) is 1.55. The Balaban J connectivity index is 1.48. The van der Waals surface area contributed by atoms with Crippen molar-refractivity contribution in [3.8, 4) is 5.75 Å². The molecule has 2 fully saturated rings. The van der Waals surface area contributed by atoms with Crippen LogP contribution in [0.5, 0.6) is 5.75 Å². The highest BCUT2D eigenvalue weighted by molar-refractivity contribution is 8.01. The van der Waals surface area contributed by atoms with Crippen molar-refractivity contribution in [1.82, 2.24) is 14.8 Å². The van der Waals surface area contributed by atoms with E-state index in [0.29, 0.717) is 42.5 Å². The van der Waals surface area contributed by atoms with Gasteiger partial charge in [0.1, 0.15) is 5.75 Å². The standard InChI is InChI=1S/C24H28N4O4S2/c1-4-20(29)28-11-5-10-27(14-15(28)2)23(31)18-12-17(8-9-19(18)32-3)33-21-13-25-24(34-21)26-22(30)16-6-7-16/h4,8-9,12-13,15-16H,1,5-7,10-11,14H2,2-3H3,(H,25,26,30)/t15-/m1/s1. The maximum atomic E-state index is 13.5. The number of rotatable bonds is 7. The summed E-state index contributed by atoms with van der Waals surface area (Å²) < 4.78 is 6.40. The Bertz CT molecular complexity index is 1100. The number of nitrogens with zero attached hydrogens (tertiary/aromatic N) is 3. The summed E-state index contributed by atoms with van der Waals surface area (Å²) in [4.78, 5) is 46.3. The molecule has 2 heterocycles. The van der Waals surface area contributed by atoms with E-state index in [2.05, 4.69) is 16.9 Å². The number of amides is 3. The van der Waals surface area contributed by atoms with Gasteiger partial charge in [0, 0.05) is 36.5 Å². The first-order valence-corrected chi connectivity index (χ1v) is 12.9. The van der Waals surface area contributed by atoms with Crippen LogP contribution in [0.15, 0.2) is 46.2 Å². The van der Waals surface area contributed by atoms with E-state index in [0.717, 1.165) is 21.9 Å². The zero-order valence-electron chi connectivity index (χ0n) is 19.3. The minimum atomic E-state index is -0.124. The largest absolute Gasteiger partial charge is 0.496 e. The van der Waals surface area contributed by atoms with Crippen LogP contribution in [0, 0.1) is 5.92 Å². The molecule has 4 rings (SSSR count). The molecule has 1 saturated heterocycles. The number of carbonyl (C=O) groups is 3. The second kappa shape index (κ2) is 10.6. The van der Waals surface area contributed by atoms with Crippen LogP contribution < -0.4 is 10.1 Å². The first kappa shape index (κ1) is 24.3. The average Bonchev–Trinajstić information content (AvgIpc) is 3.63. The highest BCUT2D eigenvalue weighted by Crippen LogP contribution is 2.37. The van der Waals surface area contributed by atoms with Gasteiger partial charge in [0.25, 0.3) is 5.91 Å². The van der Waals surface area contributed by atoms with Gasteiger partial charge in [-0.15, -0.1) is 0 Å². The Labute approximate surface area is 207 Å². The van der Waals surface area contributed by atoms with Crippen LogP contribution in [-0.4, -0.2) is 65.3 Å². The topological polar surface area (TPSA) is 91.8 Å². The summed E-state index contributed by atoms with van der Waals surface area (Å²) in [6, 6.07) is 5.41. The van der Waals surface area contributed by atoms with E-state index in [1.165, 1.54) is 29.2 Å². The molecule has 3 amide bonds. The zero-order chi connectivity index (χ0) is 24.2. The van der Waals surface area contributed by atoms with Crippen molar-refractivity contribution in [3.63, 3.8) is 0 Å². The summed E-state index contributed by atoms with van der Waals surface area (Å²) in [5, 5.41) is 3.45. The fourth-order valence-corrected chi connectivity index (χ4v) is 5.81. The zero-order valence-corrected chi connectivity index (χ0v) is 20.9. The highest BCUT2D eigenvalue weighted by Gasteiger charge is 2.30. The van der Waals surface area contributed by atoms with Gasteiger partial charge in [-0.05, 0) is 50.5 Å². The molecule has 2 aromatic rings.